The molecular formula is C17H13N5O3. The molecule has 2 heterocycles. The maximum Gasteiger partial charge on any atom is 0.275 e. The Hall–Kier alpha value is -3.73. The van der Waals surface area contributed by atoms with Gasteiger partial charge in [-0.15, -0.1) is 6.42 Å². The normalized spacial score (nSPS) is 10.4. The number of benzene rings is 1. The molecule has 2 N–H and O–H groups in total. The fraction of sp³-hybridized carbons (Fsp3) is 0.118. The highest BCUT2D eigenvalue weighted by atomic mass is 16.2. The van der Waals surface area contributed by atoms with Gasteiger partial charge in [0.2, 0.25) is 0 Å². The van der Waals surface area contributed by atoms with Crippen LogP contribution in [0.4, 0.5) is 0 Å². The van der Waals surface area contributed by atoms with E-state index in [1.165, 1.54) is 16.8 Å². The Morgan fingerprint density at radius 2 is 1.96 bits per heavy atom. The minimum absolute atomic E-state index is 0.0338. The summed E-state index contributed by atoms with van der Waals surface area (Å²) in [7, 11) is 0. The van der Waals surface area contributed by atoms with Gasteiger partial charge in [-0.25, -0.2) is 9.78 Å². The van der Waals surface area contributed by atoms with Gasteiger partial charge < -0.3 is 5.32 Å². The molecule has 0 fully saturated rings. The topological polar surface area (TPSA) is 110 Å². The van der Waals surface area contributed by atoms with Gasteiger partial charge in [-0.3, -0.25) is 14.4 Å². The second-order valence-electron chi connectivity index (χ2n) is 5.15. The summed E-state index contributed by atoms with van der Waals surface area (Å²) in [5, 5.41) is 13.9. The van der Waals surface area contributed by atoms with E-state index < -0.39 is 11.5 Å². The van der Waals surface area contributed by atoms with Gasteiger partial charge in [-0.05, 0) is 12.1 Å². The highest BCUT2D eigenvalue weighted by Crippen LogP contribution is 2.13. The van der Waals surface area contributed by atoms with Crippen LogP contribution in [0.3, 0.4) is 0 Å². The van der Waals surface area contributed by atoms with Gasteiger partial charge in [0.15, 0.2) is 0 Å². The third-order valence-corrected chi connectivity index (χ3v) is 3.51. The van der Waals surface area contributed by atoms with Crippen molar-refractivity contribution in [2.75, 3.05) is 0 Å². The van der Waals surface area contributed by atoms with Gasteiger partial charge in [-0.2, -0.15) is 10.2 Å². The third kappa shape index (κ3) is 3.30. The average Bonchev–Trinajstić information content (AvgIpc) is 2.63. The number of nitrogens with one attached hydrogen (secondary N) is 2. The number of amides is 1. The molecule has 8 heteroatoms. The lowest BCUT2D eigenvalue weighted by Crippen LogP contribution is -2.29. The van der Waals surface area contributed by atoms with E-state index in [0.717, 1.165) is 0 Å². The molecule has 0 bridgehead atoms. The van der Waals surface area contributed by atoms with Crippen molar-refractivity contribution in [3.05, 3.63) is 68.5 Å². The Labute approximate surface area is 141 Å². The summed E-state index contributed by atoms with van der Waals surface area (Å²) in [6.07, 6.45) is 5.28. The molecule has 0 unspecified atom stereocenters. The van der Waals surface area contributed by atoms with Crippen molar-refractivity contribution in [2.24, 2.45) is 0 Å². The summed E-state index contributed by atoms with van der Waals surface area (Å²) in [5.41, 5.74) is -0.111. The number of H-pyrrole nitrogens is 1. The standard InChI is InChI=1S/C17H13N5O3/c1-2-9-22-17(25)12-6-4-3-5-11(12)14(21-22)10-18-16(24)13-7-8-15(23)20-19-13/h1,3-8H,9-10H2,(H,18,24)(H,20,23). The monoisotopic (exact) mass is 335 g/mol. The van der Waals surface area contributed by atoms with Gasteiger partial charge in [0.1, 0.15) is 12.2 Å². The van der Waals surface area contributed by atoms with Crippen molar-refractivity contribution in [1.29, 1.82) is 0 Å². The van der Waals surface area contributed by atoms with Crippen molar-refractivity contribution >= 4 is 16.7 Å². The van der Waals surface area contributed by atoms with Gasteiger partial charge >= 0.3 is 0 Å². The molecule has 3 rings (SSSR count). The minimum atomic E-state index is -0.475. The quantitative estimate of drug-likeness (QED) is 0.654. The first-order chi connectivity index (χ1) is 12.1. The van der Waals surface area contributed by atoms with Crippen molar-refractivity contribution in [3.63, 3.8) is 0 Å². The van der Waals surface area contributed by atoms with Crippen LogP contribution >= 0.6 is 0 Å². The first-order valence-corrected chi connectivity index (χ1v) is 7.36. The Morgan fingerprint density at radius 3 is 2.64 bits per heavy atom. The minimum Gasteiger partial charge on any atom is -0.345 e. The first-order valence-electron chi connectivity index (χ1n) is 7.36. The lowest BCUT2D eigenvalue weighted by molar-refractivity contribution is 0.0944. The molecule has 0 aliphatic carbocycles. The van der Waals surface area contributed by atoms with Crippen LogP contribution in [0.2, 0.25) is 0 Å². The fourth-order valence-electron chi connectivity index (χ4n) is 2.35. The summed E-state index contributed by atoms with van der Waals surface area (Å²) < 4.78 is 1.18. The molecule has 8 nitrogen and oxygen atoms in total. The molecule has 1 amide bonds. The summed E-state index contributed by atoms with van der Waals surface area (Å²) in [6, 6.07) is 9.49. The molecule has 0 aliphatic heterocycles. The molecule has 0 aliphatic rings. The number of hydrogen-bond donors (Lipinski definition) is 2. The highest BCUT2D eigenvalue weighted by Gasteiger charge is 2.12. The van der Waals surface area contributed by atoms with E-state index in [4.69, 9.17) is 6.42 Å². The van der Waals surface area contributed by atoms with E-state index in [9.17, 15) is 14.4 Å². The van der Waals surface area contributed by atoms with Crippen LogP contribution in [0, 0.1) is 12.3 Å². The maximum atomic E-state index is 12.3. The number of fused-ring (bicyclic) bond motifs is 1. The molecule has 2 aromatic heterocycles. The molecule has 0 saturated heterocycles. The second-order valence-corrected chi connectivity index (χ2v) is 5.15. The van der Waals surface area contributed by atoms with Gasteiger partial charge in [0, 0.05) is 11.5 Å². The Balaban J connectivity index is 1.93. The lowest BCUT2D eigenvalue weighted by Gasteiger charge is -2.10. The maximum absolute atomic E-state index is 12.3. The van der Waals surface area contributed by atoms with E-state index >= 15 is 0 Å². The Kier molecular flexibility index (Phi) is 4.39. The zero-order valence-electron chi connectivity index (χ0n) is 13.0. The largest absolute Gasteiger partial charge is 0.345 e. The van der Waals surface area contributed by atoms with Crippen molar-refractivity contribution < 1.29 is 4.79 Å². The zero-order chi connectivity index (χ0) is 17.8. The molecule has 3 aromatic rings. The van der Waals surface area contributed by atoms with Crippen LogP contribution in [-0.2, 0) is 13.1 Å². The predicted molar refractivity (Wildman–Crippen MR) is 90.9 cm³/mol. The van der Waals surface area contributed by atoms with Crippen LogP contribution in [0.15, 0.2) is 46.0 Å². The first kappa shape index (κ1) is 16.1. The summed E-state index contributed by atoms with van der Waals surface area (Å²) in [6.45, 7) is 0.108. The fourth-order valence-corrected chi connectivity index (χ4v) is 2.35. The Morgan fingerprint density at radius 1 is 1.20 bits per heavy atom. The summed E-state index contributed by atoms with van der Waals surface area (Å²) in [5.74, 6) is 1.91. The number of rotatable bonds is 4. The zero-order valence-corrected chi connectivity index (χ0v) is 13.0. The molecule has 0 saturated carbocycles. The third-order valence-electron chi connectivity index (χ3n) is 3.51. The van der Waals surface area contributed by atoms with E-state index in [-0.39, 0.29) is 24.3 Å². The molecule has 0 radical (unpaired) electrons. The van der Waals surface area contributed by atoms with Crippen LogP contribution in [-0.4, -0.2) is 25.9 Å². The molecule has 0 atom stereocenters. The molecule has 0 spiro atoms. The van der Waals surface area contributed by atoms with E-state index in [1.807, 2.05) is 0 Å². The Bertz CT molecular complexity index is 1090. The van der Waals surface area contributed by atoms with E-state index in [1.54, 1.807) is 24.3 Å². The number of nitrogens with zero attached hydrogens (tertiary/aromatic N) is 3. The van der Waals surface area contributed by atoms with Crippen molar-refractivity contribution in [3.8, 4) is 12.3 Å². The molecule has 1 aromatic carbocycles. The van der Waals surface area contributed by atoms with Crippen LogP contribution in [0.5, 0.6) is 0 Å². The van der Waals surface area contributed by atoms with Gasteiger partial charge in [0.25, 0.3) is 17.0 Å². The van der Waals surface area contributed by atoms with Crippen molar-refractivity contribution in [2.45, 2.75) is 13.1 Å². The van der Waals surface area contributed by atoms with Crippen LogP contribution < -0.4 is 16.4 Å². The number of aromatic amines is 1. The highest BCUT2D eigenvalue weighted by molar-refractivity contribution is 5.92. The molecule has 25 heavy (non-hydrogen) atoms. The second kappa shape index (κ2) is 6.80. The predicted octanol–water partition coefficient (Wildman–Crippen LogP) is 0.0430. The van der Waals surface area contributed by atoms with Crippen molar-refractivity contribution in [1.82, 2.24) is 25.3 Å². The summed E-state index contributed by atoms with van der Waals surface area (Å²) in [4.78, 5) is 35.4. The van der Waals surface area contributed by atoms with Crippen LogP contribution in [0.25, 0.3) is 10.8 Å². The average molecular weight is 335 g/mol. The number of carbonyl (C=O) groups excluding carboxylic acids is 1. The van der Waals surface area contributed by atoms with E-state index in [2.05, 4.69) is 26.5 Å². The lowest BCUT2D eigenvalue weighted by atomic mass is 10.1. The van der Waals surface area contributed by atoms with Gasteiger partial charge in [0.05, 0.1) is 17.6 Å². The summed E-state index contributed by atoms with van der Waals surface area (Å²) >= 11 is 0. The SMILES string of the molecule is C#CCn1nc(CNC(=O)c2ccc(=O)[nH]n2)c2ccccc2c1=O. The van der Waals surface area contributed by atoms with E-state index in [0.29, 0.717) is 16.5 Å². The molecular weight excluding hydrogens is 322 g/mol. The molecule has 124 valence electrons. The van der Waals surface area contributed by atoms with Crippen LogP contribution in [0.1, 0.15) is 16.2 Å². The number of terminal acetylenes is 1. The number of aromatic nitrogens is 4. The van der Waals surface area contributed by atoms with Gasteiger partial charge in [-0.1, -0.05) is 24.1 Å². The number of hydrogen-bond acceptors (Lipinski definition) is 5. The smallest absolute Gasteiger partial charge is 0.275 e. The number of carbonyl (C=O) groups is 1.